The lowest BCUT2D eigenvalue weighted by molar-refractivity contribution is -0.142. The summed E-state index contributed by atoms with van der Waals surface area (Å²) in [5.74, 6) is -0.788. The Morgan fingerprint density at radius 3 is 2.50 bits per heavy atom. The van der Waals surface area contributed by atoms with Gasteiger partial charge in [0.15, 0.2) is 0 Å². The second-order valence-corrected chi connectivity index (χ2v) is 4.04. The number of carboxylic acids is 1. The molecule has 1 saturated heterocycles. The van der Waals surface area contributed by atoms with Crippen molar-refractivity contribution in [2.24, 2.45) is 0 Å². The Balaban J connectivity index is 2.64. The minimum absolute atomic E-state index is 0.00329. The van der Waals surface area contributed by atoms with Crippen LogP contribution in [0.3, 0.4) is 0 Å². The fourth-order valence-corrected chi connectivity index (χ4v) is 1.78. The van der Waals surface area contributed by atoms with Crippen molar-refractivity contribution in [3.05, 3.63) is 0 Å². The lowest BCUT2D eigenvalue weighted by Gasteiger charge is -2.50. The number of aliphatic hydroxyl groups is 1. The average Bonchev–Trinajstić information content (AvgIpc) is 2.08. The van der Waals surface area contributed by atoms with E-state index in [1.165, 1.54) is 0 Å². The summed E-state index contributed by atoms with van der Waals surface area (Å²) in [7, 11) is 1.87. The van der Waals surface area contributed by atoms with Gasteiger partial charge in [0.25, 0.3) is 0 Å². The van der Waals surface area contributed by atoms with Crippen molar-refractivity contribution in [2.75, 3.05) is 26.7 Å². The van der Waals surface area contributed by atoms with Gasteiger partial charge in [0.05, 0.1) is 18.6 Å². The fourth-order valence-electron chi connectivity index (χ4n) is 1.78. The molecule has 5 nitrogen and oxygen atoms in total. The van der Waals surface area contributed by atoms with Crippen molar-refractivity contribution in [2.45, 2.75) is 24.9 Å². The maximum absolute atomic E-state index is 10.7. The molecule has 0 saturated carbocycles. The third-order valence-electron chi connectivity index (χ3n) is 3.06. The molecular weight excluding hydrogens is 184 g/mol. The minimum atomic E-state index is -0.788. The van der Waals surface area contributed by atoms with Crippen molar-refractivity contribution in [3.8, 4) is 0 Å². The van der Waals surface area contributed by atoms with Gasteiger partial charge >= 0.3 is 5.97 Å². The van der Waals surface area contributed by atoms with E-state index in [1.54, 1.807) is 0 Å². The SMILES string of the molecule is CC(CO)N(C)C1(CC(=O)O)CNC1. The van der Waals surface area contributed by atoms with E-state index in [4.69, 9.17) is 10.2 Å². The zero-order valence-corrected chi connectivity index (χ0v) is 8.66. The number of carbonyl (C=O) groups is 1. The zero-order valence-electron chi connectivity index (χ0n) is 8.66. The monoisotopic (exact) mass is 202 g/mol. The number of nitrogens with zero attached hydrogens (tertiary/aromatic N) is 1. The number of nitrogens with one attached hydrogen (secondary N) is 1. The molecule has 3 N–H and O–H groups in total. The molecule has 0 aliphatic carbocycles. The largest absolute Gasteiger partial charge is 0.481 e. The summed E-state index contributed by atoms with van der Waals surface area (Å²) in [4.78, 5) is 12.7. The Morgan fingerprint density at radius 2 is 2.21 bits per heavy atom. The zero-order chi connectivity index (χ0) is 10.8. The Hall–Kier alpha value is -0.650. The van der Waals surface area contributed by atoms with Crippen molar-refractivity contribution >= 4 is 5.97 Å². The standard InChI is InChI=1S/C9H18N2O3/c1-7(4-12)11(2)9(3-8(13)14)5-10-6-9/h7,10,12H,3-6H2,1-2H3,(H,13,14). The van der Waals surface area contributed by atoms with Crippen molar-refractivity contribution in [1.82, 2.24) is 10.2 Å². The van der Waals surface area contributed by atoms with Gasteiger partial charge in [-0.1, -0.05) is 0 Å². The van der Waals surface area contributed by atoms with Gasteiger partial charge in [0, 0.05) is 19.1 Å². The molecule has 0 aromatic carbocycles. The van der Waals surface area contributed by atoms with Gasteiger partial charge in [-0.05, 0) is 14.0 Å². The molecule has 1 atom stereocenters. The normalized spacial score (nSPS) is 21.7. The maximum atomic E-state index is 10.7. The molecule has 0 radical (unpaired) electrons. The molecule has 1 unspecified atom stereocenters. The number of carboxylic acid groups (broad SMARTS) is 1. The number of hydrogen-bond acceptors (Lipinski definition) is 4. The molecule has 0 aromatic rings. The predicted octanol–water partition coefficient (Wildman–Crippen LogP) is -0.884. The first-order chi connectivity index (χ1) is 6.52. The third kappa shape index (κ3) is 2.05. The smallest absolute Gasteiger partial charge is 0.305 e. The topological polar surface area (TPSA) is 72.8 Å². The van der Waals surface area contributed by atoms with Crippen LogP contribution in [0.2, 0.25) is 0 Å². The molecule has 5 heteroatoms. The van der Waals surface area contributed by atoms with E-state index in [1.807, 2.05) is 18.9 Å². The van der Waals surface area contributed by atoms with Crippen LogP contribution in [-0.2, 0) is 4.79 Å². The van der Waals surface area contributed by atoms with Crippen LogP contribution < -0.4 is 5.32 Å². The summed E-state index contributed by atoms with van der Waals surface area (Å²) in [6, 6.07) is -0.00329. The molecule has 1 rings (SSSR count). The number of aliphatic carboxylic acids is 1. The van der Waals surface area contributed by atoms with Crippen molar-refractivity contribution in [1.29, 1.82) is 0 Å². The fraction of sp³-hybridized carbons (Fsp3) is 0.889. The molecule has 1 aliphatic heterocycles. The van der Waals surface area contributed by atoms with Gasteiger partial charge in [0.1, 0.15) is 0 Å². The lowest BCUT2D eigenvalue weighted by atomic mass is 9.86. The quantitative estimate of drug-likeness (QED) is 0.540. The summed E-state index contributed by atoms with van der Waals surface area (Å²) in [5, 5.41) is 20.9. The van der Waals surface area contributed by atoms with E-state index in [0.29, 0.717) is 13.1 Å². The van der Waals surface area contributed by atoms with Crippen LogP contribution in [0.25, 0.3) is 0 Å². The second kappa shape index (κ2) is 4.25. The van der Waals surface area contributed by atoms with Crippen LogP contribution in [0.4, 0.5) is 0 Å². The van der Waals surface area contributed by atoms with Crippen LogP contribution in [0.15, 0.2) is 0 Å². The van der Waals surface area contributed by atoms with E-state index in [9.17, 15) is 4.79 Å². The Labute approximate surface area is 83.7 Å². The first-order valence-electron chi connectivity index (χ1n) is 4.78. The number of hydrogen-bond donors (Lipinski definition) is 3. The minimum Gasteiger partial charge on any atom is -0.481 e. The summed E-state index contributed by atoms with van der Waals surface area (Å²) < 4.78 is 0. The maximum Gasteiger partial charge on any atom is 0.305 e. The van der Waals surface area contributed by atoms with E-state index < -0.39 is 5.97 Å². The molecular formula is C9H18N2O3. The lowest BCUT2D eigenvalue weighted by Crippen LogP contribution is -2.70. The molecule has 82 valence electrons. The van der Waals surface area contributed by atoms with Gasteiger partial charge in [-0.15, -0.1) is 0 Å². The molecule has 1 heterocycles. The van der Waals surface area contributed by atoms with Crippen LogP contribution >= 0.6 is 0 Å². The van der Waals surface area contributed by atoms with Crippen molar-refractivity contribution < 1.29 is 15.0 Å². The van der Waals surface area contributed by atoms with E-state index in [2.05, 4.69) is 5.32 Å². The summed E-state index contributed by atoms with van der Waals surface area (Å²) >= 11 is 0. The molecule has 0 aromatic heterocycles. The number of likely N-dealkylation sites (N-methyl/N-ethyl adjacent to an activating group) is 1. The van der Waals surface area contributed by atoms with Gasteiger partial charge < -0.3 is 15.5 Å². The van der Waals surface area contributed by atoms with E-state index in [0.717, 1.165) is 0 Å². The summed E-state index contributed by atoms with van der Waals surface area (Å²) in [6.45, 7) is 3.31. The molecule has 0 bridgehead atoms. The average molecular weight is 202 g/mol. The molecule has 0 amide bonds. The van der Waals surface area contributed by atoms with Crippen LogP contribution in [0.1, 0.15) is 13.3 Å². The van der Waals surface area contributed by atoms with Gasteiger partial charge in [0.2, 0.25) is 0 Å². The summed E-state index contributed by atoms with van der Waals surface area (Å²) in [5.41, 5.74) is -0.312. The summed E-state index contributed by atoms with van der Waals surface area (Å²) in [6.07, 6.45) is 0.126. The van der Waals surface area contributed by atoms with Gasteiger partial charge in [-0.3, -0.25) is 9.69 Å². The number of rotatable bonds is 5. The third-order valence-corrected chi connectivity index (χ3v) is 3.06. The van der Waals surface area contributed by atoms with Gasteiger partial charge in [-0.25, -0.2) is 0 Å². The van der Waals surface area contributed by atoms with Crippen molar-refractivity contribution in [3.63, 3.8) is 0 Å². The predicted molar refractivity (Wildman–Crippen MR) is 52.2 cm³/mol. The highest BCUT2D eigenvalue weighted by molar-refractivity contribution is 5.68. The highest BCUT2D eigenvalue weighted by Crippen LogP contribution is 2.25. The first kappa shape index (κ1) is 11.4. The second-order valence-electron chi connectivity index (χ2n) is 4.04. The van der Waals surface area contributed by atoms with Crippen LogP contribution in [0.5, 0.6) is 0 Å². The Kier molecular flexibility index (Phi) is 3.47. The van der Waals surface area contributed by atoms with Crippen LogP contribution in [0, 0.1) is 0 Å². The number of aliphatic hydroxyl groups excluding tert-OH is 1. The van der Waals surface area contributed by atoms with Gasteiger partial charge in [-0.2, -0.15) is 0 Å². The van der Waals surface area contributed by atoms with E-state index >= 15 is 0 Å². The Morgan fingerprint density at radius 1 is 1.64 bits per heavy atom. The Bertz CT molecular complexity index is 216. The molecule has 0 spiro atoms. The van der Waals surface area contributed by atoms with E-state index in [-0.39, 0.29) is 24.6 Å². The highest BCUT2D eigenvalue weighted by atomic mass is 16.4. The molecule has 1 aliphatic rings. The molecule has 14 heavy (non-hydrogen) atoms. The van der Waals surface area contributed by atoms with Crippen LogP contribution in [-0.4, -0.2) is 59.4 Å². The highest BCUT2D eigenvalue weighted by Gasteiger charge is 2.44. The first-order valence-corrected chi connectivity index (χ1v) is 4.78. The molecule has 1 fully saturated rings.